The number of amides is 1. The summed E-state index contributed by atoms with van der Waals surface area (Å²) < 4.78 is 0. The Kier molecular flexibility index (Phi) is 5.51. The van der Waals surface area contributed by atoms with E-state index in [4.69, 9.17) is 5.11 Å². The minimum absolute atomic E-state index is 0.0316. The van der Waals surface area contributed by atoms with Crippen molar-refractivity contribution in [3.8, 4) is 11.5 Å². The number of carbonyl (C=O) groups is 2. The number of benzene rings is 1. The summed E-state index contributed by atoms with van der Waals surface area (Å²) in [7, 11) is 1.41. The number of carboxylic acid groups (broad SMARTS) is 1. The molecule has 2 atom stereocenters. The third kappa shape index (κ3) is 4.01. The van der Waals surface area contributed by atoms with Crippen molar-refractivity contribution in [3.63, 3.8) is 0 Å². The first-order chi connectivity index (χ1) is 11.6. The normalized spacial score (nSPS) is 26.2. The van der Waals surface area contributed by atoms with Gasteiger partial charge in [0, 0.05) is 18.7 Å². The number of phenolic OH excluding ortho intramolecular Hbond substituents is 2. The van der Waals surface area contributed by atoms with Crippen molar-refractivity contribution in [2.45, 2.75) is 43.6 Å². The van der Waals surface area contributed by atoms with Gasteiger partial charge in [0.15, 0.2) is 0 Å². The van der Waals surface area contributed by atoms with E-state index in [1.54, 1.807) is 0 Å². The Labute approximate surface area is 143 Å². The summed E-state index contributed by atoms with van der Waals surface area (Å²) in [5.74, 6) is -2.79. The van der Waals surface area contributed by atoms with E-state index >= 15 is 0 Å². The summed E-state index contributed by atoms with van der Waals surface area (Å²) in [5.41, 5.74) is -0.264. The van der Waals surface area contributed by atoms with Crippen molar-refractivity contribution >= 4 is 11.9 Å². The average molecular weight is 355 g/mol. The summed E-state index contributed by atoms with van der Waals surface area (Å²) in [6.07, 6.45) is -4.09. The zero-order chi connectivity index (χ0) is 18.9. The van der Waals surface area contributed by atoms with Crippen LogP contribution in [0.15, 0.2) is 12.1 Å². The second-order valence-corrected chi connectivity index (χ2v) is 6.24. The molecule has 1 aliphatic carbocycles. The molecule has 9 nitrogen and oxygen atoms in total. The van der Waals surface area contributed by atoms with Crippen LogP contribution in [0.3, 0.4) is 0 Å². The minimum atomic E-state index is -1.28. The van der Waals surface area contributed by atoms with Crippen LogP contribution in [0.2, 0.25) is 0 Å². The van der Waals surface area contributed by atoms with Crippen molar-refractivity contribution in [3.05, 3.63) is 23.3 Å². The Hall–Kier alpha value is -2.36. The molecule has 2 unspecified atom stereocenters. The molecule has 0 heterocycles. The fourth-order valence-corrected chi connectivity index (χ4v) is 2.96. The van der Waals surface area contributed by atoms with E-state index in [0.717, 1.165) is 12.1 Å². The second kappa shape index (κ2) is 7.26. The lowest BCUT2D eigenvalue weighted by molar-refractivity contribution is -0.136. The molecular weight excluding hydrogens is 334 g/mol. The van der Waals surface area contributed by atoms with Crippen molar-refractivity contribution < 1.29 is 40.2 Å². The molecule has 0 saturated heterocycles. The Bertz CT molecular complexity index is 664. The maximum Gasteiger partial charge on any atom is 0.307 e. The standard InChI is InChI=1S/C16H21NO8/c1-17(8-4-12(20)15(24)13(21)5-8)16(25)9-6-10(18)7(2-11(9)19)3-14(22)23/h2,6,8,12-13,15,18-21,24H,3-5H2,1H3,(H,22,23). The van der Waals surface area contributed by atoms with Crippen molar-refractivity contribution in [1.29, 1.82) is 0 Å². The molecule has 1 aliphatic rings. The maximum atomic E-state index is 12.6. The van der Waals surface area contributed by atoms with Crippen molar-refractivity contribution in [1.82, 2.24) is 4.90 Å². The number of phenols is 2. The van der Waals surface area contributed by atoms with Crippen molar-refractivity contribution in [2.75, 3.05) is 7.05 Å². The van der Waals surface area contributed by atoms with Crippen LogP contribution in [0.5, 0.6) is 11.5 Å². The molecule has 0 bridgehead atoms. The van der Waals surface area contributed by atoms with Gasteiger partial charge in [0.1, 0.15) is 17.6 Å². The number of aromatic hydroxyl groups is 2. The van der Waals surface area contributed by atoms with Gasteiger partial charge in [-0.05, 0) is 25.0 Å². The van der Waals surface area contributed by atoms with Crippen molar-refractivity contribution in [2.24, 2.45) is 0 Å². The van der Waals surface area contributed by atoms with E-state index in [2.05, 4.69) is 0 Å². The number of aliphatic hydroxyl groups excluding tert-OH is 3. The fourth-order valence-electron chi connectivity index (χ4n) is 2.96. The fraction of sp³-hybridized carbons (Fsp3) is 0.500. The summed E-state index contributed by atoms with van der Waals surface area (Å²) in [4.78, 5) is 24.5. The quantitative estimate of drug-likeness (QED) is 0.377. The van der Waals surface area contributed by atoms with Crippen LogP contribution in [0.1, 0.15) is 28.8 Å². The van der Waals surface area contributed by atoms with E-state index in [1.807, 2.05) is 0 Å². The zero-order valence-electron chi connectivity index (χ0n) is 13.5. The molecule has 1 aromatic carbocycles. The lowest BCUT2D eigenvalue weighted by atomic mass is 9.87. The number of hydrogen-bond donors (Lipinski definition) is 6. The van der Waals surface area contributed by atoms with Crippen LogP contribution < -0.4 is 0 Å². The van der Waals surface area contributed by atoms with E-state index in [-0.39, 0.29) is 24.0 Å². The highest BCUT2D eigenvalue weighted by atomic mass is 16.4. The number of hydrogen-bond acceptors (Lipinski definition) is 7. The molecule has 1 amide bonds. The van der Waals surface area contributed by atoms with Gasteiger partial charge < -0.3 is 35.5 Å². The number of aliphatic hydroxyl groups is 3. The lowest BCUT2D eigenvalue weighted by Gasteiger charge is -2.38. The first kappa shape index (κ1) is 19.0. The van der Waals surface area contributed by atoms with E-state index in [1.165, 1.54) is 11.9 Å². The van der Waals surface area contributed by atoms with Crippen LogP contribution in [0.25, 0.3) is 0 Å². The average Bonchev–Trinajstić information content (AvgIpc) is 2.53. The summed E-state index contributed by atoms with van der Waals surface area (Å²) in [5, 5.41) is 57.7. The van der Waals surface area contributed by atoms with Gasteiger partial charge in [0.2, 0.25) is 0 Å². The number of rotatable bonds is 4. The molecule has 9 heteroatoms. The smallest absolute Gasteiger partial charge is 0.307 e. The molecule has 0 aliphatic heterocycles. The third-order valence-corrected chi connectivity index (χ3v) is 4.45. The monoisotopic (exact) mass is 355 g/mol. The summed E-state index contributed by atoms with van der Waals surface area (Å²) >= 11 is 0. The van der Waals surface area contributed by atoms with Gasteiger partial charge in [-0.1, -0.05) is 0 Å². The topological polar surface area (TPSA) is 159 Å². The number of nitrogens with zero attached hydrogens (tertiary/aromatic N) is 1. The third-order valence-electron chi connectivity index (χ3n) is 4.45. The SMILES string of the molecule is CN(C(=O)c1cc(O)c(CC(=O)O)cc1O)C1CC(O)C(O)C(O)C1. The number of carbonyl (C=O) groups excluding carboxylic acids is 1. The highest BCUT2D eigenvalue weighted by Gasteiger charge is 2.38. The van der Waals surface area contributed by atoms with E-state index in [0.29, 0.717) is 0 Å². The predicted octanol–water partition coefficient (Wildman–Crippen LogP) is -0.958. The molecule has 25 heavy (non-hydrogen) atoms. The lowest BCUT2D eigenvalue weighted by Crippen LogP contribution is -2.52. The maximum absolute atomic E-state index is 12.6. The molecular formula is C16H21NO8. The number of carboxylic acids is 1. The van der Waals surface area contributed by atoms with Gasteiger partial charge in [0.05, 0.1) is 24.2 Å². The Balaban J connectivity index is 2.22. The molecule has 0 radical (unpaired) electrons. The summed E-state index contributed by atoms with van der Waals surface area (Å²) in [6.45, 7) is 0. The Morgan fingerprint density at radius 1 is 1.08 bits per heavy atom. The van der Waals surface area contributed by atoms with Crippen LogP contribution in [0.4, 0.5) is 0 Å². The predicted molar refractivity (Wildman–Crippen MR) is 84.2 cm³/mol. The molecule has 138 valence electrons. The van der Waals surface area contributed by atoms with E-state index < -0.39 is 54.2 Å². The Morgan fingerprint density at radius 2 is 1.64 bits per heavy atom. The molecule has 2 rings (SSSR count). The van der Waals surface area contributed by atoms with Crippen LogP contribution in [-0.4, -0.2) is 78.8 Å². The number of aliphatic carboxylic acids is 1. The largest absolute Gasteiger partial charge is 0.508 e. The highest BCUT2D eigenvalue weighted by Crippen LogP contribution is 2.31. The van der Waals surface area contributed by atoms with Crippen LogP contribution >= 0.6 is 0 Å². The molecule has 1 aromatic rings. The molecule has 0 spiro atoms. The first-order valence-electron chi connectivity index (χ1n) is 7.69. The van der Waals surface area contributed by atoms with Gasteiger partial charge in [0.25, 0.3) is 5.91 Å². The van der Waals surface area contributed by atoms with Crippen LogP contribution in [0, 0.1) is 0 Å². The van der Waals surface area contributed by atoms with Gasteiger partial charge in [-0.3, -0.25) is 9.59 Å². The van der Waals surface area contributed by atoms with E-state index in [9.17, 15) is 35.1 Å². The molecule has 6 N–H and O–H groups in total. The van der Waals surface area contributed by atoms with Gasteiger partial charge >= 0.3 is 5.97 Å². The Morgan fingerprint density at radius 3 is 2.16 bits per heavy atom. The van der Waals surface area contributed by atoms with Crippen LogP contribution in [-0.2, 0) is 11.2 Å². The molecule has 0 aromatic heterocycles. The van der Waals surface area contributed by atoms with Gasteiger partial charge in [-0.15, -0.1) is 0 Å². The minimum Gasteiger partial charge on any atom is -0.508 e. The first-order valence-corrected chi connectivity index (χ1v) is 7.69. The summed E-state index contributed by atoms with van der Waals surface area (Å²) in [6, 6.07) is 1.41. The van der Waals surface area contributed by atoms with Gasteiger partial charge in [-0.25, -0.2) is 0 Å². The molecule has 1 fully saturated rings. The molecule has 1 saturated carbocycles. The van der Waals surface area contributed by atoms with Gasteiger partial charge in [-0.2, -0.15) is 0 Å². The highest BCUT2D eigenvalue weighted by molar-refractivity contribution is 5.97. The zero-order valence-corrected chi connectivity index (χ0v) is 13.5. The second-order valence-electron chi connectivity index (χ2n) is 6.24.